The molecule has 0 aliphatic carbocycles. The van der Waals surface area contributed by atoms with Crippen molar-refractivity contribution in [2.75, 3.05) is 19.6 Å². The number of carbonyl (C=O) groups is 1. The minimum atomic E-state index is -4.22. The molecule has 1 fully saturated rings. The molecule has 7 heteroatoms. The van der Waals surface area contributed by atoms with Crippen molar-refractivity contribution >= 4 is 16.2 Å². The summed E-state index contributed by atoms with van der Waals surface area (Å²) in [7, 11) is -4.22. The normalized spacial score (nSPS) is 18.5. The van der Waals surface area contributed by atoms with Gasteiger partial charge in [-0.15, -0.1) is 0 Å². The van der Waals surface area contributed by atoms with E-state index in [4.69, 9.17) is 11.7 Å². The Kier molecular flexibility index (Phi) is 5.22. The van der Waals surface area contributed by atoms with Crippen molar-refractivity contribution in [3.8, 4) is 0 Å². The number of carbonyl (C=O) groups excluding carboxylic acids is 1. The van der Waals surface area contributed by atoms with Gasteiger partial charge in [0.2, 0.25) is 0 Å². The van der Waals surface area contributed by atoms with Gasteiger partial charge in [-0.2, -0.15) is 8.42 Å². The van der Waals surface area contributed by atoms with Crippen LogP contribution >= 0.6 is 0 Å². The van der Waals surface area contributed by atoms with Gasteiger partial charge in [0.1, 0.15) is 5.60 Å². The van der Waals surface area contributed by atoms with E-state index in [0.29, 0.717) is 0 Å². The predicted octanol–water partition coefficient (Wildman–Crippen LogP) is 3.35. The second kappa shape index (κ2) is 7.74. The topological polar surface area (TPSA) is 72.9 Å². The van der Waals surface area contributed by atoms with Gasteiger partial charge in [0.25, 0.3) is 10.1 Å². The standard InChI is InChI=1S/C18H27NO5S/c1-14-5-7-16(8-6-14)25(21,22)23-13-15-9-11-19(12-10-15)17(20)24-18(2,3)4/h5-8,15H,9-13H2,1-4H3/i13D2. The van der Waals surface area contributed by atoms with Crippen LogP contribution in [-0.2, 0) is 19.0 Å². The molecule has 1 amide bonds. The number of piperidine rings is 1. The smallest absolute Gasteiger partial charge is 0.410 e. The van der Waals surface area contributed by atoms with E-state index in [1.165, 1.54) is 17.0 Å². The van der Waals surface area contributed by atoms with Crippen molar-refractivity contribution < 1.29 is 24.9 Å². The molecule has 25 heavy (non-hydrogen) atoms. The molecule has 140 valence electrons. The third-order valence-electron chi connectivity index (χ3n) is 3.78. The molecule has 1 aromatic rings. The lowest BCUT2D eigenvalue weighted by Gasteiger charge is -2.33. The Hall–Kier alpha value is -1.60. The summed E-state index contributed by atoms with van der Waals surface area (Å²) in [5.41, 5.74) is 0.291. The molecule has 0 atom stereocenters. The van der Waals surface area contributed by atoms with Crippen LogP contribution in [0.4, 0.5) is 4.79 Å². The van der Waals surface area contributed by atoms with Crippen LogP contribution in [0.25, 0.3) is 0 Å². The molecule has 6 nitrogen and oxygen atoms in total. The molecule has 0 saturated carbocycles. The first-order chi connectivity index (χ1) is 12.3. The van der Waals surface area contributed by atoms with Gasteiger partial charge in [-0.3, -0.25) is 4.18 Å². The van der Waals surface area contributed by atoms with E-state index in [2.05, 4.69) is 0 Å². The van der Waals surface area contributed by atoms with Crippen LogP contribution in [0.1, 0.15) is 41.9 Å². The van der Waals surface area contributed by atoms with Crippen molar-refractivity contribution in [2.45, 2.75) is 51.0 Å². The Balaban J connectivity index is 2.00. The number of nitrogens with zero attached hydrogens (tertiary/aromatic N) is 1. The van der Waals surface area contributed by atoms with E-state index in [-0.39, 0.29) is 30.8 Å². The van der Waals surface area contributed by atoms with E-state index < -0.39 is 34.3 Å². The van der Waals surface area contributed by atoms with Gasteiger partial charge in [-0.25, -0.2) is 4.79 Å². The molecule has 0 spiro atoms. The Morgan fingerprint density at radius 1 is 1.24 bits per heavy atom. The number of benzene rings is 1. The van der Waals surface area contributed by atoms with Gasteiger partial charge in [0.15, 0.2) is 0 Å². The molecule has 0 bridgehead atoms. The van der Waals surface area contributed by atoms with Crippen molar-refractivity contribution in [1.29, 1.82) is 0 Å². The highest BCUT2D eigenvalue weighted by Crippen LogP contribution is 2.22. The van der Waals surface area contributed by atoms with Gasteiger partial charge in [0.05, 0.1) is 14.2 Å². The van der Waals surface area contributed by atoms with E-state index in [1.807, 2.05) is 6.92 Å². The first kappa shape index (κ1) is 16.8. The number of hydrogen-bond donors (Lipinski definition) is 0. The predicted molar refractivity (Wildman–Crippen MR) is 94.8 cm³/mol. The lowest BCUT2D eigenvalue weighted by atomic mass is 9.98. The van der Waals surface area contributed by atoms with Gasteiger partial charge >= 0.3 is 6.09 Å². The second-order valence-corrected chi connectivity index (χ2v) is 8.76. The van der Waals surface area contributed by atoms with Crippen LogP contribution in [0.2, 0.25) is 0 Å². The molecule has 1 aliphatic heterocycles. The zero-order valence-corrected chi connectivity index (χ0v) is 15.9. The van der Waals surface area contributed by atoms with Gasteiger partial charge in [-0.05, 0) is 58.6 Å². The van der Waals surface area contributed by atoms with E-state index in [9.17, 15) is 13.2 Å². The zero-order valence-electron chi connectivity index (χ0n) is 17.1. The minimum Gasteiger partial charge on any atom is -0.444 e. The summed E-state index contributed by atoms with van der Waals surface area (Å²) in [6.45, 7) is 5.37. The fraction of sp³-hybridized carbons (Fsp3) is 0.611. The fourth-order valence-corrected chi connectivity index (χ4v) is 3.22. The summed E-state index contributed by atoms with van der Waals surface area (Å²) in [6.07, 6.45) is 0.125. The number of amides is 1. The summed E-state index contributed by atoms with van der Waals surface area (Å²) in [5, 5.41) is 0. The van der Waals surface area contributed by atoms with Crippen LogP contribution in [0.15, 0.2) is 29.2 Å². The van der Waals surface area contributed by atoms with Crippen molar-refractivity contribution in [3.63, 3.8) is 0 Å². The fourth-order valence-electron chi connectivity index (χ4n) is 2.39. The molecule has 0 N–H and O–H groups in total. The maximum Gasteiger partial charge on any atom is 0.410 e. The van der Waals surface area contributed by atoms with Crippen molar-refractivity contribution in [1.82, 2.24) is 4.90 Å². The average molecular weight is 371 g/mol. The van der Waals surface area contributed by atoms with Crippen LogP contribution in [0, 0.1) is 12.8 Å². The third kappa shape index (κ3) is 6.01. The Bertz CT molecular complexity index is 764. The third-order valence-corrected chi connectivity index (χ3v) is 4.95. The average Bonchev–Trinajstić information content (AvgIpc) is 2.53. The zero-order chi connectivity index (χ0) is 20.5. The molecule has 1 aromatic carbocycles. The highest BCUT2D eigenvalue weighted by atomic mass is 32.2. The van der Waals surface area contributed by atoms with Gasteiger partial charge < -0.3 is 9.64 Å². The molecular weight excluding hydrogens is 342 g/mol. The summed E-state index contributed by atoms with van der Waals surface area (Å²) >= 11 is 0. The van der Waals surface area contributed by atoms with Gasteiger partial charge in [0, 0.05) is 13.1 Å². The molecule has 0 aromatic heterocycles. The van der Waals surface area contributed by atoms with Crippen LogP contribution in [-0.4, -0.2) is 44.7 Å². The van der Waals surface area contributed by atoms with E-state index >= 15 is 0 Å². The molecule has 1 aliphatic rings. The molecule has 1 saturated heterocycles. The lowest BCUT2D eigenvalue weighted by molar-refractivity contribution is 0.0165. The van der Waals surface area contributed by atoms with Crippen LogP contribution < -0.4 is 0 Å². The molecule has 1 heterocycles. The van der Waals surface area contributed by atoms with E-state index in [1.54, 1.807) is 32.9 Å². The number of ether oxygens (including phenoxy) is 1. The Morgan fingerprint density at radius 2 is 1.80 bits per heavy atom. The number of likely N-dealkylation sites (tertiary alicyclic amines) is 1. The SMILES string of the molecule is [2H]C([2H])(OS(=O)(=O)c1ccc(C)cc1)C1CCN(C(=O)OC(C)(C)C)CC1. The number of aryl methyl sites for hydroxylation is 1. The first-order valence-corrected chi connectivity index (χ1v) is 9.71. The molecule has 2 rings (SSSR count). The number of rotatable bonds is 4. The molecule has 0 radical (unpaired) electrons. The highest BCUT2D eigenvalue weighted by Gasteiger charge is 2.28. The monoisotopic (exact) mass is 371 g/mol. The van der Waals surface area contributed by atoms with Crippen molar-refractivity contribution in [3.05, 3.63) is 29.8 Å². The van der Waals surface area contributed by atoms with Crippen molar-refractivity contribution in [2.24, 2.45) is 5.92 Å². The molecular formula is C18H27NO5S. The summed E-state index contributed by atoms with van der Waals surface area (Å²) in [5.74, 6) is -0.642. The van der Waals surface area contributed by atoms with Crippen LogP contribution in [0.5, 0.6) is 0 Å². The Labute approximate surface area is 153 Å². The lowest BCUT2D eigenvalue weighted by Crippen LogP contribution is -2.42. The summed E-state index contributed by atoms with van der Waals surface area (Å²) < 4.78 is 51.2. The Morgan fingerprint density at radius 3 is 2.32 bits per heavy atom. The first-order valence-electron chi connectivity index (χ1n) is 9.30. The maximum atomic E-state index is 12.4. The quantitative estimate of drug-likeness (QED) is 0.759. The second-order valence-electron chi connectivity index (χ2n) is 7.21. The minimum absolute atomic E-state index is 0.0804. The number of hydrogen-bond acceptors (Lipinski definition) is 5. The van der Waals surface area contributed by atoms with Gasteiger partial charge in [-0.1, -0.05) is 17.7 Å². The largest absolute Gasteiger partial charge is 0.444 e. The summed E-state index contributed by atoms with van der Waals surface area (Å²) in [6, 6.07) is 6.05. The molecule has 0 unspecified atom stereocenters. The summed E-state index contributed by atoms with van der Waals surface area (Å²) in [4.78, 5) is 13.5. The van der Waals surface area contributed by atoms with E-state index in [0.717, 1.165) is 5.56 Å². The van der Waals surface area contributed by atoms with Crippen LogP contribution in [0.3, 0.4) is 0 Å². The maximum absolute atomic E-state index is 12.4. The highest BCUT2D eigenvalue weighted by molar-refractivity contribution is 7.86.